The number of amides is 2. The van der Waals surface area contributed by atoms with Crippen LogP contribution in [0.1, 0.15) is 44.1 Å². The van der Waals surface area contributed by atoms with E-state index in [0.717, 1.165) is 25.7 Å². The Bertz CT molecular complexity index is 427. The normalized spacial score (nSPS) is 23.6. The first-order chi connectivity index (χ1) is 10.1. The quantitative estimate of drug-likeness (QED) is 0.878. The summed E-state index contributed by atoms with van der Waals surface area (Å²) in [5, 5.41) is 16.4. The molecule has 118 valence electrons. The van der Waals surface area contributed by atoms with E-state index in [1.807, 2.05) is 11.9 Å². The molecule has 0 saturated heterocycles. The largest absolute Gasteiger partial charge is 0.396 e. The number of hydrogen-bond acceptors (Lipinski definition) is 3. The number of aliphatic hydroxyl groups is 1. The van der Waals surface area contributed by atoms with E-state index in [2.05, 4.69) is 29.1 Å². The first-order valence-corrected chi connectivity index (χ1v) is 8.69. The van der Waals surface area contributed by atoms with Crippen molar-refractivity contribution in [1.82, 2.24) is 10.2 Å². The number of carbonyl (C=O) groups excluding carboxylic acids is 1. The van der Waals surface area contributed by atoms with Gasteiger partial charge >= 0.3 is 6.03 Å². The predicted octanol–water partition coefficient (Wildman–Crippen LogP) is 3.04. The lowest BCUT2D eigenvalue weighted by molar-refractivity contribution is 0.134. The molecule has 4 nitrogen and oxygen atoms in total. The van der Waals surface area contributed by atoms with Gasteiger partial charge in [-0.3, -0.25) is 0 Å². The lowest BCUT2D eigenvalue weighted by Crippen LogP contribution is -2.46. The maximum atomic E-state index is 12.2. The zero-order valence-corrected chi connectivity index (χ0v) is 13.7. The Labute approximate surface area is 131 Å². The van der Waals surface area contributed by atoms with Gasteiger partial charge in [-0.25, -0.2) is 4.79 Å². The molecule has 1 heterocycles. The Kier molecular flexibility index (Phi) is 6.06. The maximum Gasteiger partial charge on any atom is 0.317 e. The van der Waals surface area contributed by atoms with Crippen LogP contribution in [0.5, 0.6) is 0 Å². The molecule has 21 heavy (non-hydrogen) atoms. The number of nitrogens with one attached hydrogen (secondary N) is 1. The molecule has 5 heteroatoms. The fourth-order valence-corrected chi connectivity index (χ4v) is 3.70. The number of nitrogens with zero attached hydrogens (tertiary/aromatic N) is 1. The fraction of sp³-hybridized carbons (Fsp3) is 0.688. The first kappa shape index (κ1) is 16.3. The third kappa shape index (κ3) is 4.45. The summed E-state index contributed by atoms with van der Waals surface area (Å²) in [6.07, 6.45) is 4.03. The molecule has 0 aliphatic heterocycles. The molecule has 0 spiro atoms. The Hall–Kier alpha value is -1.07. The summed E-state index contributed by atoms with van der Waals surface area (Å²) >= 11 is 1.69. The van der Waals surface area contributed by atoms with Crippen molar-refractivity contribution in [3.63, 3.8) is 0 Å². The summed E-state index contributed by atoms with van der Waals surface area (Å²) in [5.74, 6) is 0.773. The second-order valence-corrected chi connectivity index (χ2v) is 6.89. The van der Waals surface area contributed by atoms with Crippen molar-refractivity contribution < 1.29 is 9.90 Å². The van der Waals surface area contributed by atoms with Gasteiger partial charge in [0.2, 0.25) is 0 Å². The predicted molar refractivity (Wildman–Crippen MR) is 86.7 cm³/mol. The van der Waals surface area contributed by atoms with Crippen molar-refractivity contribution in [1.29, 1.82) is 0 Å². The van der Waals surface area contributed by atoms with Gasteiger partial charge in [0, 0.05) is 26.2 Å². The number of rotatable bonds is 5. The van der Waals surface area contributed by atoms with Crippen LogP contribution in [0.25, 0.3) is 0 Å². The Morgan fingerprint density at radius 2 is 2.19 bits per heavy atom. The molecular formula is C16H26N2O2S. The van der Waals surface area contributed by atoms with E-state index >= 15 is 0 Å². The molecule has 1 aliphatic rings. The van der Waals surface area contributed by atoms with Gasteiger partial charge < -0.3 is 15.3 Å². The van der Waals surface area contributed by atoms with Crippen molar-refractivity contribution >= 4 is 17.4 Å². The minimum atomic E-state index is 0.0181. The molecule has 0 radical (unpaired) electrons. The van der Waals surface area contributed by atoms with Crippen LogP contribution in [0.2, 0.25) is 0 Å². The average Bonchev–Trinajstić information content (AvgIpc) is 3.06. The first-order valence-electron chi connectivity index (χ1n) is 7.75. The topological polar surface area (TPSA) is 52.6 Å². The van der Waals surface area contributed by atoms with Gasteiger partial charge in [0.1, 0.15) is 0 Å². The number of aliphatic hydroxyl groups excluding tert-OH is 1. The minimum Gasteiger partial charge on any atom is -0.396 e. The Morgan fingerprint density at radius 3 is 2.76 bits per heavy atom. The molecular weight excluding hydrogens is 284 g/mol. The third-order valence-electron chi connectivity index (χ3n) is 4.61. The molecule has 1 aromatic rings. The summed E-state index contributed by atoms with van der Waals surface area (Å²) in [5.41, 5.74) is 1.28. The molecule has 0 aromatic carbocycles. The smallest absolute Gasteiger partial charge is 0.317 e. The van der Waals surface area contributed by atoms with E-state index in [1.54, 1.807) is 11.3 Å². The van der Waals surface area contributed by atoms with Gasteiger partial charge in [0.05, 0.1) is 0 Å². The second-order valence-electron chi connectivity index (χ2n) is 6.11. The van der Waals surface area contributed by atoms with Crippen molar-refractivity contribution in [2.75, 3.05) is 20.2 Å². The molecule has 0 bridgehead atoms. The number of thiophene rings is 1. The van der Waals surface area contributed by atoms with Crippen LogP contribution in [-0.4, -0.2) is 42.3 Å². The molecule has 2 amide bonds. The van der Waals surface area contributed by atoms with Crippen LogP contribution < -0.4 is 5.32 Å². The van der Waals surface area contributed by atoms with Gasteiger partial charge in [-0.05, 0) is 59.9 Å². The van der Waals surface area contributed by atoms with Gasteiger partial charge in [-0.15, -0.1) is 0 Å². The van der Waals surface area contributed by atoms with Gasteiger partial charge in [0.15, 0.2) is 0 Å². The highest BCUT2D eigenvalue weighted by molar-refractivity contribution is 7.07. The lowest BCUT2D eigenvalue weighted by atomic mass is 9.86. The summed E-state index contributed by atoms with van der Waals surface area (Å²) in [4.78, 5) is 14.1. The molecule has 1 aliphatic carbocycles. The minimum absolute atomic E-state index is 0.0181. The molecule has 1 unspecified atom stereocenters. The van der Waals surface area contributed by atoms with E-state index in [1.165, 1.54) is 5.56 Å². The SMILES string of the molecule is CC(CNC(=O)N(C)C1CCC(CO)CC1)c1ccsc1. The van der Waals surface area contributed by atoms with E-state index < -0.39 is 0 Å². The van der Waals surface area contributed by atoms with Crippen LogP contribution in [0.3, 0.4) is 0 Å². The van der Waals surface area contributed by atoms with Crippen molar-refractivity contribution in [3.05, 3.63) is 22.4 Å². The maximum absolute atomic E-state index is 12.2. The highest BCUT2D eigenvalue weighted by Crippen LogP contribution is 2.26. The van der Waals surface area contributed by atoms with E-state index in [4.69, 9.17) is 5.11 Å². The Balaban J connectivity index is 1.75. The third-order valence-corrected chi connectivity index (χ3v) is 5.32. The second kappa shape index (κ2) is 7.80. The highest BCUT2D eigenvalue weighted by Gasteiger charge is 2.26. The van der Waals surface area contributed by atoms with E-state index in [9.17, 15) is 4.79 Å². The van der Waals surface area contributed by atoms with Crippen LogP contribution >= 0.6 is 11.3 Å². The number of carbonyl (C=O) groups is 1. The molecule has 2 rings (SSSR count). The summed E-state index contributed by atoms with van der Waals surface area (Å²) in [7, 11) is 1.88. The van der Waals surface area contributed by atoms with Gasteiger partial charge in [0.25, 0.3) is 0 Å². The average molecular weight is 310 g/mol. The highest BCUT2D eigenvalue weighted by atomic mass is 32.1. The summed E-state index contributed by atoms with van der Waals surface area (Å²) in [6.45, 7) is 3.08. The monoisotopic (exact) mass is 310 g/mol. The van der Waals surface area contributed by atoms with E-state index in [0.29, 0.717) is 24.4 Å². The lowest BCUT2D eigenvalue weighted by Gasteiger charge is -2.34. The molecule has 1 atom stereocenters. The van der Waals surface area contributed by atoms with E-state index in [-0.39, 0.29) is 12.6 Å². The fourth-order valence-electron chi connectivity index (χ4n) is 2.92. The summed E-state index contributed by atoms with van der Waals surface area (Å²) in [6, 6.07) is 2.44. The van der Waals surface area contributed by atoms with Crippen molar-refractivity contribution in [2.45, 2.75) is 44.6 Å². The molecule has 1 fully saturated rings. The standard InChI is InChI=1S/C16H26N2O2S/c1-12(14-7-8-21-11-14)9-17-16(20)18(2)15-5-3-13(10-19)4-6-15/h7-8,11-13,15,19H,3-6,9-10H2,1-2H3,(H,17,20). The summed E-state index contributed by atoms with van der Waals surface area (Å²) < 4.78 is 0. The van der Waals surface area contributed by atoms with Gasteiger partial charge in [-0.2, -0.15) is 11.3 Å². The van der Waals surface area contributed by atoms with Crippen LogP contribution in [0.4, 0.5) is 4.79 Å². The molecule has 1 aromatic heterocycles. The zero-order chi connectivity index (χ0) is 15.2. The Morgan fingerprint density at radius 1 is 1.48 bits per heavy atom. The molecule has 1 saturated carbocycles. The molecule has 2 N–H and O–H groups in total. The van der Waals surface area contributed by atoms with Crippen molar-refractivity contribution in [3.8, 4) is 0 Å². The zero-order valence-electron chi connectivity index (χ0n) is 12.9. The number of urea groups is 1. The van der Waals surface area contributed by atoms with Crippen LogP contribution in [0, 0.1) is 5.92 Å². The van der Waals surface area contributed by atoms with Crippen LogP contribution in [0.15, 0.2) is 16.8 Å². The van der Waals surface area contributed by atoms with Crippen molar-refractivity contribution in [2.24, 2.45) is 5.92 Å². The van der Waals surface area contributed by atoms with Crippen LogP contribution in [-0.2, 0) is 0 Å². The number of hydrogen-bond donors (Lipinski definition) is 2. The van der Waals surface area contributed by atoms with Gasteiger partial charge in [-0.1, -0.05) is 6.92 Å².